The standard InChI is InChI=1S/C28H29NO3S/c1-28(19-8-5-9-20-28)33(31,32)29-21-18-25-15-12-24(22-27(25)29)11-7-4-2-3-6-10-23-13-16-26(30)17-14-23/h5-19,21-22,30H,2-4,20H2,1H3/b10-6+,11-7+. The van der Waals surface area contributed by atoms with Crippen LogP contribution in [-0.2, 0) is 10.0 Å². The molecule has 3 aromatic rings. The van der Waals surface area contributed by atoms with Gasteiger partial charge in [0.25, 0.3) is 0 Å². The lowest BCUT2D eigenvalue weighted by molar-refractivity contribution is 0.475. The molecule has 1 aromatic heterocycles. The fraction of sp³-hybridized carbons (Fsp3) is 0.214. The Morgan fingerprint density at radius 2 is 1.67 bits per heavy atom. The predicted octanol–water partition coefficient (Wildman–Crippen LogP) is 6.70. The molecular formula is C28H29NO3S. The molecular weight excluding hydrogens is 430 g/mol. The molecule has 1 unspecified atom stereocenters. The topological polar surface area (TPSA) is 59.3 Å². The Morgan fingerprint density at radius 3 is 2.36 bits per heavy atom. The van der Waals surface area contributed by atoms with Gasteiger partial charge in [-0.2, -0.15) is 0 Å². The number of hydrogen-bond donors (Lipinski definition) is 1. The number of phenolic OH excluding ortho intramolecular Hbond substituents is 1. The first kappa shape index (κ1) is 22.9. The Bertz CT molecular complexity index is 1340. The highest BCUT2D eigenvalue weighted by Gasteiger charge is 2.38. The van der Waals surface area contributed by atoms with Crippen LogP contribution in [0, 0.1) is 0 Å². The molecule has 5 heteroatoms. The van der Waals surface area contributed by atoms with E-state index in [-0.39, 0.29) is 5.75 Å². The molecule has 0 fully saturated rings. The molecule has 1 N–H and O–H groups in total. The molecule has 1 aliphatic carbocycles. The van der Waals surface area contributed by atoms with E-state index in [9.17, 15) is 13.5 Å². The van der Waals surface area contributed by atoms with Crippen LogP contribution >= 0.6 is 0 Å². The number of aromatic nitrogens is 1. The molecule has 170 valence electrons. The first-order valence-electron chi connectivity index (χ1n) is 11.2. The highest BCUT2D eigenvalue weighted by Crippen LogP contribution is 2.31. The molecule has 0 aliphatic heterocycles. The number of hydrogen-bond acceptors (Lipinski definition) is 3. The van der Waals surface area contributed by atoms with Crippen LogP contribution < -0.4 is 0 Å². The van der Waals surface area contributed by atoms with Crippen LogP contribution in [0.25, 0.3) is 23.1 Å². The Balaban J connectivity index is 1.41. The number of unbranched alkanes of at least 4 members (excludes halogenated alkanes) is 2. The Morgan fingerprint density at radius 1 is 0.970 bits per heavy atom. The maximum absolute atomic E-state index is 13.4. The van der Waals surface area contributed by atoms with E-state index in [1.165, 1.54) is 3.97 Å². The quantitative estimate of drug-likeness (QED) is 0.382. The van der Waals surface area contributed by atoms with Crippen molar-refractivity contribution in [2.75, 3.05) is 0 Å². The van der Waals surface area contributed by atoms with Crippen LogP contribution in [0.15, 0.2) is 91.2 Å². The average molecular weight is 460 g/mol. The lowest BCUT2D eigenvalue weighted by Gasteiger charge is -2.27. The Labute approximate surface area is 195 Å². The van der Waals surface area contributed by atoms with Crippen LogP contribution in [0.5, 0.6) is 5.75 Å². The second kappa shape index (κ2) is 9.67. The summed E-state index contributed by atoms with van der Waals surface area (Å²) >= 11 is 0. The van der Waals surface area contributed by atoms with Crippen LogP contribution in [0.2, 0.25) is 0 Å². The van der Waals surface area contributed by atoms with E-state index >= 15 is 0 Å². The smallest absolute Gasteiger partial charge is 0.248 e. The number of aromatic hydroxyl groups is 1. The van der Waals surface area contributed by atoms with Crippen molar-refractivity contribution in [2.24, 2.45) is 0 Å². The van der Waals surface area contributed by atoms with Crippen molar-refractivity contribution in [1.82, 2.24) is 3.97 Å². The first-order valence-corrected chi connectivity index (χ1v) is 12.7. The number of rotatable bonds is 8. The van der Waals surface area contributed by atoms with Crippen molar-refractivity contribution in [3.8, 4) is 5.75 Å². The monoisotopic (exact) mass is 459 g/mol. The van der Waals surface area contributed by atoms with E-state index in [0.717, 1.165) is 35.8 Å². The lowest BCUT2D eigenvalue weighted by atomic mass is 10.0. The molecule has 33 heavy (non-hydrogen) atoms. The van der Waals surface area contributed by atoms with E-state index < -0.39 is 14.8 Å². The van der Waals surface area contributed by atoms with Crippen molar-refractivity contribution in [2.45, 2.75) is 37.4 Å². The van der Waals surface area contributed by atoms with Crippen LogP contribution in [0.1, 0.15) is 43.7 Å². The van der Waals surface area contributed by atoms with Crippen LogP contribution in [-0.4, -0.2) is 22.2 Å². The van der Waals surface area contributed by atoms with E-state index in [1.807, 2.05) is 48.6 Å². The summed E-state index contributed by atoms with van der Waals surface area (Å²) in [6, 6.07) is 14.9. The van der Waals surface area contributed by atoms with Crippen molar-refractivity contribution in [3.05, 3.63) is 102 Å². The first-order chi connectivity index (χ1) is 15.9. The van der Waals surface area contributed by atoms with Gasteiger partial charge in [-0.15, -0.1) is 0 Å². The summed E-state index contributed by atoms with van der Waals surface area (Å²) in [5.41, 5.74) is 2.77. The Kier molecular flexibility index (Phi) is 6.70. The third-order valence-electron chi connectivity index (χ3n) is 6.00. The Hall–Kier alpha value is -3.31. The summed E-state index contributed by atoms with van der Waals surface area (Å²) in [6.45, 7) is 1.77. The summed E-state index contributed by atoms with van der Waals surface area (Å²) in [5.74, 6) is 0.275. The summed E-state index contributed by atoms with van der Waals surface area (Å²) < 4.78 is 27.3. The van der Waals surface area contributed by atoms with Gasteiger partial charge in [0, 0.05) is 11.6 Å². The summed E-state index contributed by atoms with van der Waals surface area (Å²) in [7, 11) is -3.59. The minimum absolute atomic E-state index is 0.275. The average Bonchev–Trinajstić information content (AvgIpc) is 3.24. The molecule has 4 rings (SSSR count). The SMILES string of the molecule is CC1(S(=O)(=O)n2ccc3ccc(/C=C/CCC/C=C/c4ccc(O)cc4)cc32)C=CC=CC1. The third-order valence-corrected chi connectivity index (χ3v) is 8.32. The number of nitrogens with zero attached hydrogens (tertiary/aromatic N) is 1. The van der Waals surface area contributed by atoms with Crippen molar-refractivity contribution in [3.63, 3.8) is 0 Å². The normalized spacial score (nSPS) is 18.7. The molecule has 2 aromatic carbocycles. The fourth-order valence-corrected chi connectivity index (χ4v) is 5.58. The van der Waals surface area contributed by atoms with Gasteiger partial charge in [-0.3, -0.25) is 0 Å². The number of allylic oxidation sites excluding steroid dienone is 5. The van der Waals surface area contributed by atoms with Crippen LogP contribution in [0.3, 0.4) is 0 Å². The third kappa shape index (κ3) is 5.04. The maximum Gasteiger partial charge on any atom is 0.248 e. The highest BCUT2D eigenvalue weighted by molar-refractivity contribution is 7.91. The van der Waals surface area contributed by atoms with Gasteiger partial charge in [-0.1, -0.05) is 72.9 Å². The zero-order chi connectivity index (χ0) is 23.3. The minimum atomic E-state index is -3.59. The van der Waals surface area contributed by atoms with Gasteiger partial charge in [0.1, 0.15) is 10.5 Å². The van der Waals surface area contributed by atoms with E-state index in [2.05, 4.69) is 24.3 Å². The molecule has 1 heterocycles. The second-order valence-electron chi connectivity index (χ2n) is 8.57. The maximum atomic E-state index is 13.4. The molecule has 0 spiro atoms. The number of benzene rings is 2. The summed E-state index contributed by atoms with van der Waals surface area (Å²) in [6.07, 6.45) is 20.8. The molecule has 4 nitrogen and oxygen atoms in total. The van der Waals surface area contributed by atoms with Gasteiger partial charge in [0.2, 0.25) is 10.0 Å². The van der Waals surface area contributed by atoms with Crippen molar-refractivity contribution < 1.29 is 13.5 Å². The molecule has 0 radical (unpaired) electrons. The van der Waals surface area contributed by atoms with Crippen molar-refractivity contribution >= 4 is 33.1 Å². The molecule has 1 atom stereocenters. The minimum Gasteiger partial charge on any atom is -0.508 e. The molecule has 1 aliphatic rings. The lowest BCUT2D eigenvalue weighted by Crippen LogP contribution is -2.37. The fourth-order valence-electron chi connectivity index (χ4n) is 3.94. The van der Waals surface area contributed by atoms with E-state index in [1.54, 1.807) is 37.4 Å². The van der Waals surface area contributed by atoms with Crippen molar-refractivity contribution in [1.29, 1.82) is 0 Å². The molecule has 0 bridgehead atoms. The molecule has 0 saturated carbocycles. The van der Waals surface area contributed by atoms with Gasteiger partial charge >= 0.3 is 0 Å². The van der Waals surface area contributed by atoms with Crippen LogP contribution in [0.4, 0.5) is 0 Å². The van der Waals surface area contributed by atoms with Gasteiger partial charge in [-0.05, 0) is 68.0 Å². The summed E-state index contributed by atoms with van der Waals surface area (Å²) in [5, 5.41) is 10.2. The van der Waals surface area contributed by atoms with E-state index in [0.29, 0.717) is 11.9 Å². The highest BCUT2D eigenvalue weighted by atomic mass is 32.2. The van der Waals surface area contributed by atoms with Gasteiger partial charge in [-0.25, -0.2) is 12.4 Å². The predicted molar refractivity (Wildman–Crippen MR) is 138 cm³/mol. The van der Waals surface area contributed by atoms with E-state index in [4.69, 9.17) is 0 Å². The summed E-state index contributed by atoms with van der Waals surface area (Å²) in [4.78, 5) is 0. The second-order valence-corrected chi connectivity index (χ2v) is 10.8. The van der Waals surface area contributed by atoms with Gasteiger partial charge < -0.3 is 5.11 Å². The zero-order valence-electron chi connectivity index (χ0n) is 18.8. The number of fused-ring (bicyclic) bond motifs is 1. The molecule has 0 saturated heterocycles. The van der Waals surface area contributed by atoms with Gasteiger partial charge in [0.15, 0.2) is 0 Å². The molecule has 0 amide bonds. The van der Waals surface area contributed by atoms with Gasteiger partial charge in [0.05, 0.1) is 5.52 Å². The zero-order valence-corrected chi connectivity index (χ0v) is 19.6. The largest absolute Gasteiger partial charge is 0.508 e. The number of phenols is 1.